The van der Waals surface area contributed by atoms with Gasteiger partial charge in [-0.25, -0.2) is 9.80 Å². The molecule has 3 heterocycles. The third-order valence-corrected chi connectivity index (χ3v) is 8.31. The highest BCUT2D eigenvalue weighted by Gasteiger charge is 2.42. The average Bonchev–Trinajstić information content (AvgIpc) is 3.43. The molecule has 4 rings (SSSR count). The maximum absolute atomic E-state index is 13.3. The maximum Gasteiger partial charge on any atom is 0.247 e. The molecule has 220 valence electrons. The van der Waals surface area contributed by atoms with Crippen LogP contribution in [0.1, 0.15) is 26.7 Å². The van der Waals surface area contributed by atoms with Gasteiger partial charge in [-0.1, -0.05) is 85.3 Å². The highest BCUT2D eigenvalue weighted by Crippen LogP contribution is 2.36. The van der Waals surface area contributed by atoms with Gasteiger partial charge in [-0.05, 0) is 44.2 Å². The molecule has 1 N–H and O–H groups in total. The first kappa shape index (κ1) is 31.4. The van der Waals surface area contributed by atoms with Crippen LogP contribution in [0.2, 0.25) is 0 Å². The molecule has 43 heavy (non-hydrogen) atoms. The number of carbonyl (C=O) groups is 4. The van der Waals surface area contributed by atoms with Gasteiger partial charge < -0.3 is 5.32 Å². The number of imide groups is 2. The number of para-hydroxylation sites is 1. The van der Waals surface area contributed by atoms with Crippen molar-refractivity contribution in [3.05, 3.63) is 103 Å². The van der Waals surface area contributed by atoms with Crippen molar-refractivity contribution in [1.82, 2.24) is 19.9 Å². The standard InChI is InChI=1S/C31H30N6O4S2/c1-5-9-14-20(7-3)32-29-33-30(42-23-18-25(38)36(27(23)40)21(8-4)15-10-6-2)35-31(34-29)43-24-19-26(39)37(28(24)41)22-16-12-11-13-17-22/h5-17,23-24H,2-3,18-19H2,1,4H3,(H,32,33,34,35)/b9-5-,15-10-,20-14+,21-8+. The van der Waals surface area contributed by atoms with Crippen molar-refractivity contribution < 1.29 is 19.2 Å². The number of anilines is 2. The number of nitrogens with one attached hydrogen (secondary N) is 1. The van der Waals surface area contributed by atoms with Crippen LogP contribution < -0.4 is 10.2 Å². The Kier molecular flexibility index (Phi) is 10.6. The SMILES string of the molecule is C=C/C=C\C(=C/C)N1C(=O)CC(Sc2nc(N/C(C=C)=C/C=C\C)nc(SC3CC(=O)N(c4ccccc4)C3=O)n2)C1=O. The summed E-state index contributed by atoms with van der Waals surface area (Å²) >= 11 is 2.08. The van der Waals surface area contributed by atoms with Gasteiger partial charge in [0.2, 0.25) is 29.6 Å². The Hall–Kier alpha value is -4.55. The Labute approximate surface area is 258 Å². The van der Waals surface area contributed by atoms with Gasteiger partial charge in [0.05, 0.1) is 5.69 Å². The molecule has 1 aromatic heterocycles. The molecule has 2 unspecified atom stereocenters. The number of allylic oxidation sites excluding steroid dienone is 8. The monoisotopic (exact) mass is 614 g/mol. The molecule has 2 aromatic rings. The third kappa shape index (κ3) is 7.46. The second kappa shape index (κ2) is 14.6. The summed E-state index contributed by atoms with van der Waals surface area (Å²) in [6, 6.07) is 8.72. The second-order valence-electron chi connectivity index (χ2n) is 9.10. The Balaban J connectivity index is 1.62. The van der Waals surface area contributed by atoms with Gasteiger partial charge in [0.25, 0.3) is 0 Å². The van der Waals surface area contributed by atoms with E-state index in [0.29, 0.717) is 17.1 Å². The zero-order chi connectivity index (χ0) is 30.9. The summed E-state index contributed by atoms with van der Waals surface area (Å²) in [5, 5.41) is 1.93. The van der Waals surface area contributed by atoms with E-state index in [4.69, 9.17) is 0 Å². The predicted molar refractivity (Wildman–Crippen MR) is 169 cm³/mol. The molecule has 0 spiro atoms. The Bertz CT molecular complexity index is 1570. The molecule has 0 bridgehead atoms. The van der Waals surface area contributed by atoms with Crippen LogP contribution in [-0.2, 0) is 19.2 Å². The lowest BCUT2D eigenvalue weighted by Gasteiger charge is -2.16. The van der Waals surface area contributed by atoms with Crippen molar-refractivity contribution in [2.75, 3.05) is 10.2 Å². The molecular weight excluding hydrogens is 585 g/mol. The van der Waals surface area contributed by atoms with E-state index in [1.807, 2.05) is 19.1 Å². The number of hydrogen-bond acceptors (Lipinski definition) is 10. The first-order valence-electron chi connectivity index (χ1n) is 13.4. The summed E-state index contributed by atoms with van der Waals surface area (Å²) in [6.07, 6.45) is 13.5. The van der Waals surface area contributed by atoms with E-state index in [1.165, 1.54) is 4.90 Å². The molecule has 10 nitrogen and oxygen atoms in total. The Morgan fingerprint density at radius 2 is 1.56 bits per heavy atom. The number of aromatic nitrogens is 3. The van der Waals surface area contributed by atoms with E-state index < -0.39 is 16.4 Å². The summed E-state index contributed by atoms with van der Waals surface area (Å²) in [7, 11) is 0. The number of thioether (sulfide) groups is 2. The van der Waals surface area contributed by atoms with Crippen molar-refractivity contribution in [1.29, 1.82) is 0 Å². The molecule has 0 saturated carbocycles. The van der Waals surface area contributed by atoms with Crippen LogP contribution in [0.3, 0.4) is 0 Å². The third-order valence-electron chi connectivity index (χ3n) is 6.22. The summed E-state index contributed by atoms with van der Waals surface area (Å²) < 4.78 is 0. The maximum atomic E-state index is 13.3. The molecule has 0 aliphatic carbocycles. The Morgan fingerprint density at radius 1 is 0.907 bits per heavy atom. The lowest BCUT2D eigenvalue weighted by Crippen LogP contribution is -2.31. The van der Waals surface area contributed by atoms with E-state index in [9.17, 15) is 19.2 Å². The quantitative estimate of drug-likeness (QED) is 0.251. The molecule has 2 saturated heterocycles. The number of benzene rings is 1. The van der Waals surface area contributed by atoms with Gasteiger partial charge in [-0.2, -0.15) is 15.0 Å². The molecule has 2 aliphatic heterocycles. The minimum atomic E-state index is -0.770. The lowest BCUT2D eigenvalue weighted by atomic mass is 10.3. The lowest BCUT2D eigenvalue weighted by molar-refractivity contribution is -0.135. The topological polar surface area (TPSA) is 125 Å². The van der Waals surface area contributed by atoms with E-state index in [2.05, 4.69) is 33.4 Å². The van der Waals surface area contributed by atoms with Crippen molar-refractivity contribution in [3.63, 3.8) is 0 Å². The Morgan fingerprint density at radius 3 is 2.16 bits per heavy atom. The zero-order valence-electron chi connectivity index (χ0n) is 23.7. The average molecular weight is 615 g/mol. The molecule has 1 aromatic carbocycles. The first-order chi connectivity index (χ1) is 20.8. The van der Waals surface area contributed by atoms with Gasteiger partial charge in [-0.15, -0.1) is 0 Å². The van der Waals surface area contributed by atoms with Gasteiger partial charge >= 0.3 is 0 Å². The first-order valence-corrected chi connectivity index (χ1v) is 15.1. The van der Waals surface area contributed by atoms with E-state index >= 15 is 0 Å². The van der Waals surface area contributed by atoms with E-state index in [1.54, 1.807) is 73.7 Å². The van der Waals surface area contributed by atoms with Crippen LogP contribution >= 0.6 is 23.5 Å². The van der Waals surface area contributed by atoms with Crippen LogP contribution in [0.5, 0.6) is 0 Å². The normalized spacial score (nSPS) is 19.8. The molecule has 0 radical (unpaired) electrons. The molecule has 12 heteroatoms. The van der Waals surface area contributed by atoms with Crippen molar-refractivity contribution in [2.24, 2.45) is 0 Å². The van der Waals surface area contributed by atoms with E-state index in [-0.39, 0.29) is 46.8 Å². The van der Waals surface area contributed by atoms with Crippen LogP contribution in [0.25, 0.3) is 0 Å². The smallest absolute Gasteiger partial charge is 0.247 e. The highest BCUT2D eigenvalue weighted by atomic mass is 32.2. The molecule has 2 fully saturated rings. The van der Waals surface area contributed by atoms with Crippen molar-refractivity contribution in [2.45, 2.75) is 47.5 Å². The molecular formula is C31H30N6O4S2. The predicted octanol–water partition coefficient (Wildman–Crippen LogP) is 5.22. The minimum Gasteiger partial charge on any atom is -0.324 e. The fourth-order valence-electron chi connectivity index (χ4n) is 4.22. The van der Waals surface area contributed by atoms with Crippen LogP contribution in [0.4, 0.5) is 11.6 Å². The number of carbonyl (C=O) groups excluding carboxylic acids is 4. The molecule has 2 atom stereocenters. The van der Waals surface area contributed by atoms with Crippen molar-refractivity contribution >= 4 is 58.8 Å². The molecule has 2 aliphatic rings. The minimum absolute atomic E-state index is 0.0245. The number of nitrogens with zero attached hydrogens (tertiary/aromatic N) is 5. The summed E-state index contributed by atoms with van der Waals surface area (Å²) in [4.78, 5) is 68.0. The number of amides is 4. The summed E-state index contributed by atoms with van der Waals surface area (Å²) in [6.45, 7) is 11.1. The fraction of sp³-hybridized carbons (Fsp3) is 0.194. The van der Waals surface area contributed by atoms with E-state index in [0.717, 1.165) is 28.4 Å². The largest absolute Gasteiger partial charge is 0.324 e. The van der Waals surface area contributed by atoms with Gasteiger partial charge in [0, 0.05) is 24.2 Å². The number of likely N-dealkylation sites (tertiary alicyclic amines) is 1. The van der Waals surface area contributed by atoms with Crippen LogP contribution in [0, 0.1) is 0 Å². The fourth-order valence-corrected chi connectivity index (χ4v) is 6.21. The number of hydrogen-bond donors (Lipinski definition) is 1. The van der Waals surface area contributed by atoms with Crippen molar-refractivity contribution in [3.8, 4) is 0 Å². The highest BCUT2D eigenvalue weighted by molar-refractivity contribution is 8.01. The van der Waals surface area contributed by atoms with Crippen LogP contribution in [-0.4, -0.2) is 54.0 Å². The number of rotatable bonds is 12. The van der Waals surface area contributed by atoms with Crippen LogP contribution in [0.15, 0.2) is 114 Å². The molecule has 4 amide bonds. The van der Waals surface area contributed by atoms with Gasteiger partial charge in [0.1, 0.15) is 10.5 Å². The summed E-state index contributed by atoms with van der Waals surface area (Å²) in [5.41, 5.74) is 1.55. The zero-order valence-corrected chi connectivity index (χ0v) is 25.3. The van der Waals surface area contributed by atoms with Gasteiger partial charge in [0.15, 0.2) is 10.3 Å². The van der Waals surface area contributed by atoms with Gasteiger partial charge in [-0.3, -0.25) is 19.2 Å². The second-order valence-corrected chi connectivity index (χ2v) is 11.4. The summed E-state index contributed by atoms with van der Waals surface area (Å²) in [5.74, 6) is -1.27.